The predicted octanol–water partition coefficient (Wildman–Crippen LogP) is 1.61. The Bertz CT molecular complexity index is 519. The number of aromatic nitrogens is 1. The lowest BCUT2D eigenvalue weighted by Gasteiger charge is -2.01. The molecule has 0 unspecified atom stereocenters. The van der Waals surface area contributed by atoms with Gasteiger partial charge in [0.15, 0.2) is 0 Å². The molecule has 4 heteroatoms. The number of primary amides is 1. The Morgan fingerprint density at radius 1 is 1.50 bits per heavy atom. The van der Waals surface area contributed by atoms with Crippen molar-refractivity contribution < 1.29 is 10.1 Å². The summed E-state index contributed by atoms with van der Waals surface area (Å²) in [4.78, 5) is 15.9. The third-order valence-electron chi connectivity index (χ3n) is 2.25. The molecule has 0 fully saturated rings. The molecule has 2 aromatic rings. The summed E-state index contributed by atoms with van der Waals surface area (Å²) < 4.78 is 0. The number of rotatable bonds is 2. The van der Waals surface area contributed by atoms with Crippen LogP contribution < -0.4 is 5.32 Å². The van der Waals surface area contributed by atoms with Gasteiger partial charge in [0.05, 0.1) is 16.3 Å². The van der Waals surface area contributed by atoms with Crippen LogP contribution >= 0.6 is 11.3 Å². The highest BCUT2D eigenvalue weighted by molar-refractivity contribution is 7.09. The lowest BCUT2D eigenvalue weighted by molar-refractivity contribution is -0.489. The van der Waals surface area contributed by atoms with Gasteiger partial charge in [-0.15, -0.1) is 18.4 Å². The smallest absolute Gasteiger partial charge is 0.316 e. The maximum absolute atomic E-state index is 11.5. The average molecular weight is 232 g/mol. The molecular weight excluding hydrogens is 220 g/mol. The molecule has 0 aliphatic heterocycles. The summed E-state index contributed by atoms with van der Waals surface area (Å²) >= 11 is 1.60. The second-order valence-electron chi connectivity index (χ2n) is 3.40. The number of nitrogens with zero attached hydrogens (tertiary/aromatic N) is 1. The van der Waals surface area contributed by atoms with Crippen LogP contribution in [0.4, 0.5) is 0 Å². The van der Waals surface area contributed by atoms with Crippen LogP contribution in [0.1, 0.15) is 15.4 Å². The van der Waals surface area contributed by atoms with Gasteiger partial charge in [-0.2, -0.15) is 0 Å². The standard InChI is InChI=1S/C12H12N2OS/c1-8-14-11(7-16-8)9-4-3-5-10(6-9)12(15)13-2/h3-7H,2,13H2,1H3. The molecule has 3 nitrogen and oxygen atoms in total. The van der Waals surface area contributed by atoms with Crippen molar-refractivity contribution >= 4 is 17.2 Å². The maximum Gasteiger partial charge on any atom is 0.316 e. The number of aryl methyl sites for hydroxylation is 1. The van der Waals surface area contributed by atoms with E-state index in [0.717, 1.165) is 16.3 Å². The van der Waals surface area contributed by atoms with Crippen LogP contribution in [-0.2, 0) is 0 Å². The van der Waals surface area contributed by atoms with Gasteiger partial charge in [-0.1, -0.05) is 12.1 Å². The van der Waals surface area contributed by atoms with E-state index in [4.69, 9.17) is 0 Å². The molecule has 0 saturated heterocycles. The number of carbonyl (C=O) groups excluding carboxylic acids is 1. The van der Waals surface area contributed by atoms with Crippen molar-refractivity contribution in [3.8, 4) is 11.3 Å². The van der Waals surface area contributed by atoms with Crippen molar-refractivity contribution in [2.24, 2.45) is 0 Å². The molecule has 0 radical (unpaired) electrons. The Labute approximate surface area is 98.2 Å². The fourth-order valence-corrected chi connectivity index (χ4v) is 2.07. The van der Waals surface area contributed by atoms with Gasteiger partial charge in [-0.3, -0.25) is 0 Å². The van der Waals surface area contributed by atoms with Gasteiger partial charge in [0.25, 0.3) is 0 Å². The van der Waals surface area contributed by atoms with Crippen molar-refractivity contribution in [3.63, 3.8) is 0 Å². The van der Waals surface area contributed by atoms with Crippen LogP contribution in [-0.4, -0.2) is 10.9 Å². The van der Waals surface area contributed by atoms with E-state index in [-0.39, 0.29) is 5.91 Å². The molecular formula is C12H12N2OS. The lowest BCUT2D eigenvalue weighted by Crippen LogP contribution is -2.81. The Balaban J connectivity index is 2.39. The van der Waals surface area contributed by atoms with E-state index in [1.807, 2.05) is 30.5 Å². The van der Waals surface area contributed by atoms with E-state index in [1.54, 1.807) is 17.4 Å². The molecule has 1 heterocycles. The second-order valence-corrected chi connectivity index (χ2v) is 4.46. The Morgan fingerprint density at radius 2 is 2.31 bits per heavy atom. The van der Waals surface area contributed by atoms with Crippen molar-refractivity contribution in [3.05, 3.63) is 47.3 Å². The minimum absolute atomic E-state index is 0.0613. The topological polar surface area (TPSA) is 46.6 Å². The van der Waals surface area contributed by atoms with Crippen LogP contribution in [0.15, 0.2) is 29.6 Å². The highest BCUT2D eigenvalue weighted by atomic mass is 32.1. The Hall–Kier alpha value is -1.52. The SMILES string of the molecule is [CH2-][NH2+]C(=O)c1cccc(-c2csc(C)n2)c1. The first-order valence-corrected chi connectivity index (χ1v) is 5.78. The first-order valence-electron chi connectivity index (χ1n) is 4.90. The van der Waals surface area contributed by atoms with Crippen LogP contribution in [0.3, 0.4) is 0 Å². The molecule has 1 aromatic carbocycles. The molecule has 2 rings (SSSR count). The van der Waals surface area contributed by atoms with Crippen LogP contribution in [0.5, 0.6) is 0 Å². The molecule has 0 aliphatic carbocycles. The number of thiazole rings is 1. The highest BCUT2D eigenvalue weighted by Gasteiger charge is 2.08. The molecule has 1 amide bonds. The second kappa shape index (κ2) is 4.55. The first-order chi connectivity index (χ1) is 7.70. The Morgan fingerprint density at radius 3 is 2.94 bits per heavy atom. The molecule has 82 valence electrons. The fourth-order valence-electron chi connectivity index (χ4n) is 1.45. The normalized spacial score (nSPS) is 10.4. The fraction of sp³-hybridized carbons (Fsp3) is 0.0833. The largest absolute Gasteiger partial charge is 0.411 e. The van der Waals surface area contributed by atoms with Crippen molar-refractivity contribution in [2.75, 3.05) is 0 Å². The van der Waals surface area contributed by atoms with E-state index in [0.29, 0.717) is 5.56 Å². The van der Waals surface area contributed by atoms with Crippen LogP contribution in [0.25, 0.3) is 11.3 Å². The summed E-state index contributed by atoms with van der Waals surface area (Å²) in [6.45, 7) is 1.97. The minimum Gasteiger partial charge on any atom is -0.411 e. The molecule has 0 aliphatic rings. The molecule has 2 N–H and O–H groups in total. The molecule has 1 aromatic heterocycles. The summed E-state index contributed by atoms with van der Waals surface area (Å²) in [5.74, 6) is -0.0613. The molecule has 0 atom stereocenters. The third-order valence-corrected chi connectivity index (χ3v) is 3.02. The number of benzene rings is 1. The summed E-state index contributed by atoms with van der Waals surface area (Å²) in [5, 5.41) is 4.34. The lowest BCUT2D eigenvalue weighted by atomic mass is 10.1. The van der Waals surface area contributed by atoms with Gasteiger partial charge in [0, 0.05) is 10.9 Å². The van der Waals surface area contributed by atoms with Crippen LogP contribution in [0, 0.1) is 14.0 Å². The summed E-state index contributed by atoms with van der Waals surface area (Å²) in [6, 6.07) is 7.44. The highest BCUT2D eigenvalue weighted by Crippen LogP contribution is 2.22. The average Bonchev–Trinajstić information content (AvgIpc) is 2.75. The zero-order valence-corrected chi connectivity index (χ0v) is 9.75. The third kappa shape index (κ3) is 2.18. The maximum atomic E-state index is 11.5. The number of hydrogen-bond donors (Lipinski definition) is 1. The first kappa shape index (κ1) is 11.0. The summed E-state index contributed by atoms with van der Waals surface area (Å²) in [5.41, 5.74) is 2.54. The zero-order chi connectivity index (χ0) is 11.5. The van der Waals surface area contributed by atoms with E-state index in [1.165, 1.54) is 5.32 Å². The minimum atomic E-state index is -0.0613. The van der Waals surface area contributed by atoms with Crippen molar-refractivity contribution in [1.82, 2.24) is 4.98 Å². The van der Waals surface area contributed by atoms with E-state index < -0.39 is 0 Å². The molecule has 16 heavy (non-hydrogen) atoms. The quantitative estimate of drug-likeness (QED) is 0.800. The van der Waals surface area contributed by atoms with Gasteiger partial charge in [0.1, 0.15) is 0 Å². The van der Waals surface area contributed by atoms with Gasteiger partial charge < -0.3 is 5.32 Å². The molecule has 0 bridgehead atoms. The van der Waals surface area contributed by atoms with Crippen LogP contribution in [0.2, 0.25) is 0 Å². The van der Waals surface area contributed by atoms with Gasteiger partial charge in [0.2, 0.25) is 0 Å². The number of hydrogen-bond acceptors (Lipinski definition) is 3. The van der Waals surface area contributed by atoms with E-state index in [9.17, 15) is 4.79 Å². The number of nitrogens with two attached hydrogens (primary N) is 1. The monoisotopic (exact) mass is 232 g/mol. The summed E-state index contributed by atoms with van der Waals surface area (Å²) in [6.07, 6.45) is 0. The van der Waals surface area contributed by atoms with E-state index >= 15 is 0 Å². The van der Waals surface area contributed by atoms with E-state index in [2.05, 4.69) is 12.0 Å². The molecule has 0 saturated carbocycles. The number of amides is 1. The zero-order valence-electron chi connectivity index (χ0n) is 8.93. The number of carbonyl (C=O) groups is 1. The molecule has 0 spiro atoms. The Kier molecular flexibility index (Phi) is 3.12. The van der Waals surface area contributed by atoms with Gasteiger partial charge in [-0.05, 0) is 19.1 Å². The number of quaternary nitrogens is 1. The predicted molar refractivity (Wildman–Crippen MR) is 63.9 cm³/mol. The van der Waals surface area contributed by atoms with Crippen molar-refractivity contribution in [2.45, 2.75) is 6.92 Å². The van der Waals surface area contributed by atoms with Crippen molar-refractivity contribution in [1.29, 1.82) is 0 Å². The van der Waals surface area contributed by atoms with Gasteiger partial charge >= 0.3 is 5.91 Å². The van der Waals surface area contributed by atoms with Gasteiger partial charge in [-0.25, -0.2) is 9.78 Å². The summed E-state index contributed by atoms with van der Waals surface area (Å²) in [7, 11) is 3.48.